The molecule has 1 aliphatic rings. The van der Waals surface area contributed by atoms with Crippen molar-refractivity contribution >= 4 is 11.6 Å². The Kier molecular flexibility index (Phi) is 3.52. The van der Waals surface area contributed by atoms with Crippen molar-refractivity contribution in [3.8, 4) is 0 Å². The summed E-state index contributed by atoms with van der Waals surface area (Å²) in [7, 11) is 6.20. The Morgan fingerprint density at radius 3 is 2.81 bits per heavy atom. The summed E-state index contributed by atoms with van der Waals surface area (Å²) >= 11 is 6.39. The van der Waals surface area contributed by atoms with Crippen molar-refractivity contribution in [3.05, 3.63) is 16.4 Å². The third-order valence-electron chi connectivity index (χ3n) is 2.86. The zero-order valence-corrected chi connectivity index (χ0v) is 11.0. The standard InChI is InChI=1S/C11H19ClN4/c1-14(2)7-9-11(12)10-8-15(3)5-4-6-16(10)13-9/h4-8H2,1-3H3. The molecule has 1 aliphatic heterocycles. The average Bonchev–Trinajstić information content (AvgIpc) is 2.39. The van der Waals surface area contributed by atoms with Crippen LogP contribution >= 0.6 is 11.6 Å². The second kappa shape index (κ2) is 4.73. The highest BCUT2D eigenvalue weighted by Crippen LogP contribution is 2.24. The number of nitrogens with zero attached hydrogens (tertiary/aromatic N) is 4. The Hall–Kier alpha value is -0.580. The van der Waals surface area contributed by atoms with Crippen LogP contribution in [0, 0.1) is 0 Å². The molecule has 2 rings (SSSR count). The maximum Gasteiger partial charge on any atom is 0.0954 e. The minimum atomic E-state index is 0.808. The van der Waals surface area contributed by atoms with E-state index in [2.05, 4.69) is 26.6 Å². The number of halogens is 1. The van der Waals surface area contributed by atoms with Gasteiger partial charge in [-0.3, -0.25) is 4.68 Å². The normalized spacial score (nSPS) is 17.6. The average molecular weight is 243 g/mol. The second-order valence-electron chi connectivity index (χ2n) is 4.76. The molecular formula is C11H19ClN4. The molecule has 0 saturated carbocycles. The molecule has 0 fully saturated rings. The van der Waals surface area contributed by atoms with E-state index in [1.165, 1.54) is 5.69 Å². The van der Waals surface area contributed by atoms with Crippen molar-refractivity contribution in [1.82, 2.24) is 19.6 Å². The number of aromatic nitrogens is 2. The highest BCUT2D eigenvalue weighted by atomic mass is 35.5. The highest BCUT2D eigenvalue weighted by Gasteiger charge is 2.19. The summed E-state index contributed by atoms with van der Waals surface area (Å²) in [5, 5.41) is 5.45. The van der Waals surface area contributed by atoms with E-state index in [1.54, 1.807) is 0 Å². The molecule has 0 aliphatic carbocycles. The fraction of sp³-hybridized carbons (Fsp3) is 0.727. The highest BCUT2D eigenvalue weighted by molar-refractivity contribution is 6.31. The Bertz CT molecular complexity index is 372. The van der Waals surface area contributed by atoms with Crippen LogP contribution in [0.3, 0.4) is 0 Å². The lowest BCUT2D eigenvalue weighted by atomic mass is 10.3. The van der Waals surface area contributed by atoms with Crippen molar-refractivity contribution in [3.63, 3.8) is 0 Å². The molecule has 1 aromatic heterocycles. The third kappa shape index (κ3) is 2.39. The van der Waals surface area contributed by atoms with Gasteiger partial charge in [0.05, 0.1) is 16.4 Å². The Morgan fingerprint density at radius 1 is 1.38 bits per heavy atom. The van der Waals surface area contributed by atoms with E-state index >= 15 is 0 Å². The maximum atomic E-state index is 6.39. The molecule has 0 aromatic carbocycles. The van der Waals surface area contributed by atoms with Gasteiger partial charge < -0.3 is 9.80 Å². The van der Waals surface area contributed by atoms with Gasteiger partial charge in [-0.1, -0.05) is 11.6 Å². The zero-order valence-electron chi connectivity index (χ0n) is 10.2. The molecule has 0 amide bonds. The number of rotatable bonds is 2. The van der Waals surface area contributed by atoms with Gasteiger partial charge in [0.1, 0.15) is 0 Å². The minimum Gasteiger partial charge on any atom is -0.303 e. The fourth-order valence-corrected chi connectivity index (χ4v) is 2.35. The van der Waals surface area contributed by atoms with Crippen LogP contribution in [-0.2, 0) is 19.6 Å². The van der Waals surface area contributed by atoms with E-state index in [4.69, 9.17) is 11.6 Å². The maximum absolute atomic E-state index is 6.39. The quantitative estimate of drug-likeness (QED) is 0.784. The third-order valence-corrected chi connectivity index (χ3v) is 3.29. The van der Waals surface area contributed by atoms with E-state index in [0.29, 0.717) is 0 Å². The predicted molar refractivity (Wildman–Crippen MR) is 65.6 cm³/mol. The lowest BCUT2D eigenvalue weighted by Crippen LogP contribution is -2.17. The summed E-state index contributed by atoms with van der Waals surface area (Å²) in [4.78, 5) is 4.39. The number of hydrogen-bond acceptors (Lipinski definition) is 3. The molecule has 0 bridgehead atoms. The lowest BCUT2D eigenvalue weighted by molar-refractivity contribution is 0.332. The van der Waals surface area contributed by atoms with Gasteiger partial charge in [-0.2, -0.15) is 5.10 Å². The van der Waals surface area contributed by atoms with Crippen molar-refractivity contribution in [2.45, 2.75) is 26.1 Å². The van der Waals surface area contributed by atoms with Crippen LogP contribution < -0.4 is 0 Å². The zero-order chi connectivity index (χ0) is 11.7. The summed E-state index contributed by atoms with van der Waals surface area (Å²) in [6.07, 6.45) is 1.14. The monoisotopic (exact) mass is 242 g/mol. The topological polar surface area (TPSA) is 24.3 Å². The molecule has 90 valence electrons. The van der Waals surface area contributed by atoms with Crippen LogP contribution in [0.2, 0.25) is 5.02 Å². The summed E-state index contributed by atoms with van der Waals surface area (Å²) in [5.74, 6) is 0. The summed E-state index contributed by atoms with van der Waals surface area (Å²) < 4.78 is 2.07. The summed E-state index contributed by atoms with van der Waals surface area (Å²) in [6, 6.07) is 0. The molecule has 5 heteroatoms. The molecular weight excluding hydrogens is 224 g/mol. The van der Waals surface area contributed by atoms with Gasteiger partial charge in [-0.05, 0) is 27.6 Å². The largest absolute Gasteiger partial charge is 0.303 e. The van der Waals surface area contributed by atoms with E-state index in [9.17, 15) is 0 Å². The molecule has 0 N–H and O–H groups in total. The number of fused-ring (bicyclic) bond motifs is 1. The van der Waals surface area contributed by atoms with Gasteiger partial charge in [0.25, 0.3) is 0 Å². The molecule has 4 nitrogen and oxygen atoms in total. The van der Waals surface area contributed by atoms with Gasteiger partial charge in [0, 0.05) is 26.2 Å². The molecule has 16 heavy (non-hydrogen) atoms. The van der Waals surface area contributed by atoms with Gasteiger partial charge in [0.15, 0.2) is 0 Å². The minimum absolute atomic E-state index is 0.808. The molecule has 2 heterocycles. The number of aryl methyl sites for hydroxylation is 1. The SMILES string of the molecule is CN(C)Cc1nn2c(c1Cl)CN(C)CCC2. The van der Waals surface area contributed by atoms with Crippen LogP contribution in [-0.4, -0.2) is 47.3 Å². The molecule has 0 saturated heterocycles. The molecule has 0 unspecified atom stereocenters. The Morgan fingerprint density at radius 2 is 2.12 bits per heavy atom. The predicted octanol–water partition coefficient (Wildman–Crippen LogP) is 1.43. The van der Waals surface area contributed by atoms with Crippen molar-refractivity contribution < 1.29 is 0 Å². The smallest absolute Gasteiger partial charge is 0.0954 e. The van der Waals surface area contributed by atoms with Crippen molar-refractivity contribution in [2.24, 2.45) is 0 Å². The van der Waals surface area contributed by atoms with Crippen LogP contribution in [0.15, 0.2) is 0 Å². The number of hydrogen-bond donors (Lipinski definition) is 0. The van der Waals surface area contributed by atoms with E-state index in [0.717, 1.165) is 43.3 Å². The molecule has 1 aromatic rings. The first-order valence-electron chi connectivity index (χ1n) is 5.65. The van der Waals surface area contributed by atoms with Gasteiger partial charge in [-0.25, -0.2) is 0 Å². The Balaban J connectivity index is 2.29. The first-order chi connectivity index (χ1) is 7.58. The van der Waals surface area contributed by atoms with E-state index < -0.39 is 0 Å². The summed E-state index contributed by atoms with van der Waals surface area (Å²) in [5.41, 5.74) is 2.16. The molecule has 0 atom stereocenters. The van der Waals surface area contributed by atoms with Crippen molar-refractivity contribution in [1.29, 1.82) is 0 Å². The van der Waals surface area contributed by atoms with Crippen LogP contribution in [0.1, 0.15) is 17.8 Å². The molecule has 0 spiro atoms. The second-order valence-corrected chi connectivity index (χ2v) is 5.14. The van der Waals surface area contributed by atoms with Gasteiger partial charge in [0.2, 0.25) is 0 Å². The van der Waals surface area contributed by atoms with Crippen LogP contribution in [0.5, 0.6) is 0 Å². The van der Waals surface area contributed by atoms with Gasteiger partial charge in [-0.15, -0.1) is 0 Å². The first-order valence-corrected chi connectivity index (χ1v) is 6.03. The van der Waals surface area contributed by atoms with Crippen LogP contribution in [0.4, 0.5) is 0 Å². The molecule has 0 radical (unpaired) electrons. The van der Waals surface area contributed by atoms with E-state index in [1.807, 2.05) is 14.1 Å². The Labute approximate surface area is 102 Å². The fourth-order valence-electron chi connectivity index (χ4n) is 2.09. The summed E-state index contributed by atoms with van der Waals surface area (Å²) in [6.45, 7) is 3.80. The van der Waals surface area contributed by atoms with E-state index in [-0.39, 0.29) is 0 Å². The van der Waals surface area contributed by atoms with Crippen LogP contribution in [0.25, 0.3) is 0 Å². The van der Waals surface area contributed by atoms with Gasteiger partial charge >= 0.3 is 0 Å². The van der Waals surface area contributed by atoms with Crippen molar-refractivity contribution in [2.75, 3.05) is 27.7 Å². The first kappa shape index (κ1) is 11.9. The lowest BCUT2D eigenvalue weighted by Gasteiger charge is -2.12.